The highest BCUT2D eigenvalue weighted by Crippen LogP contribution is 2.31. The molecule has 104 valence electrons. The monoisotopic (exact) mass is 281 g/mol. The van der Waals surface area contributed by atoms with E-state index in [4.69, 9.17) is 23.1 Å². The Bertz CT molecular complexity index is 478. The molecule has 5 heteroatoms. The zero-order chi connectivity index (χ0) is 14.0. The van der Waals surface area contributed by atoms with Crippen LogP contribution in [0.2, 0.25) is 5.02 Å². The van der Waals surface area contributed by atoms with Crippen LogP contribution in [0.1, 0.15) is 30.1 Å². The first-order valence-corrected chi connectivity index (χ1v) is 6.96. The minimum atomic E-state index is -0.445. The molecule has 1 amide bonds. The second-order valence-electron chi connectivity index (χ2n) is 5.21. The molecule has 1 aromatic carbocycles. The predicted octanol–water partition coefficient (Wildman–Crippen LogP) is 2.00. The second kappa shape index (κ2) is 5.80. The summed E-state index contributed by atoms with van der Waals surface area (Å²) in [7, 11) is 0. The minimum absolute atomic E-state index is 0.377. The molecule has 0 saturated carbocycles. The van der Waals surface area contributed by atoms with E-state index in [-0.39, 0.29) is 0 Å². The molecule has 4 N–H and O–H groups in total. The summed E-state index contributed by atoms with van der Waals surface area (Å²) in [5, 5.41) is 0.526. The third-order valence-corrected chi connectivity index (χ3v) is 4.08. The second-order valence-corrected chi connectivity index (χ2v) is 5.64. The lowest BCUT2D eigenvalue weighted by Gasteiger charge is -2.40. The SMILES string of the molecule is CC1CCC(CN)CN1c1ccc(Cl)cc1C(N)=O. The van der Waals surface area contributed by atoms with Crippen LogP contribution in [0.3, 0.4) is 0 Å². The lowest BCUT2D eigenvalue weighted by atomic mass is 9.92. The lowest BCUT2D eigenvalue weighted by molar-refractivity contribution is 0.100. The van der Waals surface area contributed by atoms with Crippen LogP contribution < -0.4 is 16.4 Å². The average Bonchev–Trinajstić information content (AvgIpc) is 2.39. The van der Waals surface area contributed by atoms with Gasteiger partial charge in [-0.2, -0.15) is 0 Å². The normalized spacial score (nSPS) is 23.4. The molecule has 4 nitrogen and oxygen atoms in total. The maximum atomic E-state index is 11.6. The molecule has 1 aliphatic rings. The van der Waals surface area contributed by atoms with Crippen LogP contribution in [0.4, 0.5) is 5.69 Å². The van der Waals surface area contributed by atoms with Crippen molar-refractivity contribution in [1.82, 2.24) is 0 Å². The Labute approximate surface area is 118 Å². The van der Waals surface area contributed by atoms with Gasteiger partial charge in [0.05, 0.1) is 5.56 Å². The Balaban J connectivity index is 2.36. The van der Waals surface area contributed by atoms with Crippen molar-refractivity contribution in [2.45, 2.75) is 25.8 Å². The van der Waals surface area contributed by atoms with Crippen LogP contribution in [-0.2, 0) is 0 Å². The number of hydrogen-bond acceptors (Lipinski definition) is 3. The van der Waals surface area contributed by atoms with Crippen molar-refractivity contribution < 1.29 is 4.79 Å². The van der Waals surface area contributed by atoms with E-state index in [1.807, 2.05) is 6.07 Å². The van der Waals surface area contributed by atoms with Gasteiger partial charge >= 0.3 is 0 Å². The van der Waals surface area contributed by atoms with Crippen LogP contribution >= 0.6 is 11.6 Å². The number of nitrogens with two attached hydrogens (primary N) is 2. The molecule has 2 rings (SSSR count). The Hall–Kier alpha value is -1.26. The van der Waals surface area contributed by atoms with Crippen molar-refractivity contribution in [3.05, 3.63) is 28.8 Å². The van der Waals surface area contributed by atoms with Crippen LogP contribution in [0.15, 0.2) is 18.2 Å². The van der Waals surface area contributed by atoms with E-state index in [2.05, 4.69) is 11.8 Å². The standard InChI is InChI=1S/C14H20ClN3O/c1-9-2-3-10(7-16)8-18(9)13-5-4-11(15)6-12(13)14(17)19/h4-6,9-10H,2-3,7-8,16H2,1H3,(H2,17,19). The topological polar surface area (TPSA) is 72.3 Å². The van der Waals surface area contributed by atoms with Gasteiger partial charge in [0, 0.05) is 23.3 Å². The smallest absolute Gasteiger partial charge is 0.250 e. The highest BCUT2D eigenvalue weighted by atomic mass is 35.5. The van der Waals surface area contributed by atoms with E-state index in [0.29, 0.717) is 29.1 Å². The Morgan fingerprint density at radius 3 is 2.84 bits per heavy atom. The number of rotatable bonds is 3. The van der Waals surface area contributed by atoms with Crippen LogP contribution in [0.5, 0.6) is 0 Å². The van der Waals surface area contributed by atoms with Crippen molar-refractivity contribution in [3.63, 3.8) is 0 Å². The third-order valence-electron chi connectivity index (χ3n) is 3.85. The number of anilines is 1. The maximum Gasteiger partial charge on any atom is 0.250 e. The summed E-state index contributed by atoms with van der Waals surface area (Å²) < 4.78 is 0. The number of carbonyl (C=O) groups excluding carboxylic acids is 1. The first kappa shape index (κ1) is 14.2. The number of benzene rings is 1. The zero-order valence-electron chi connectivity index (χ0n) is 11.1. The summed E-state index contributed by atoms with van der Waals surface area (Å²) in [4.78, 5) is 13.8. The number of halogens is 1. The molecule has 0 bridgehead atoms. The molecule has 0 radical (unpaired) electrons. The van der Waals surface area contributed by atoms with Gasteiger partial charge in [0.25, 0.3) is 5.91 Å². The summed E-state index contributed by atoms with van der Waals surface area (Å²) in [6, 6.07) is 5.68. The predicted molar refractivity (Wildman–Crippen MR) is 78.6 cm³/mol. The maximum absolute atomic E-state index is 11.6. The summed E-state index contributed by atoms with van der Waals surface area (Å²) in [6.45, 7) is 3.69. The molecule has 1 saturated heterocycles. The van der Waals surface area contributed by atoms with E-state index in [0.717, 1.165) is 25.1 Å². The molecule has 19 heavy (non-hydrogen) atoms. The Kier molecular flexibility index (Phi) is 4.32. The highest BCUT2D eigenvalue weighted by molar-refractivity contribution is 6.31. The van der Waals surface area contributed by atoms with E-state index in [1.54, 1.807) is 12.1 Å². The van der Waals surface area contributed by atoms with Crippen molar-refractivity contribution in [2.75, 3.05) is 18.0 Å². The molecule has 2 unspecified atom stereocenters. The number of nitrogens with zero attached hydrogens (tertiary/aromatic N) is 1. The summed E-state index contributed by atoms with van der Waals surface area (Å²) in [6.07, 6.45) is 2.20. The van der Waals surface area contributed by atoms with E-state index >= 15 is 0 Å². The molecular weight excluding hydrogens is 262 g/mol. The average molecular weight is 282 g/mol. The number of piperidine rings is 1. The molecule has 1 aromatic rings. The summed E-state index contributed by atoms with van der Waals surface area (Å²) >= 11 is 5.95. The van der Waals surface area contributed by atoms with E-state index in [1.165, 1.54) is 0 Å². The van der Waals surface area contributed by atoms with Gasteiger partial charge in [-0.05, 0) is 50.4 Å². The fourth-order valence-electron chi connectivity index (χ4n) is 2.67. The van der Waals surface area contributed by atoms with Crippen molar-refractivity contribution >= 4 is 23.2 Å². The lowest BCUT2D eigenvalue weighted by Crippen LogP contribution is -2.44. The third kappa shape index (κ3) is 3.01. The van der Waals surface area contributed by atoms with Gasteiger partial charge in [-0.3, -0.25) is 4.79 Å². The largest absolute Gasteiger partial charge is 0.368 e. The van der Waals surface area contributed by atoms with Crippen LogP contribution in [0.25, 0.3) is 0 Å². The van der Waals surface area contributed by atoms with Crippen LogP contribution in [-0.4, -0.2) is 25.0 Å². The van der Waals surface area contributed by atoms with Gasteiger partial charge in [0.15, 0.2) is 0 Å². The fourth-order valence-corrected chi connectivity index (χ4v) is 2.84. The fraction of sp³-hybridized carbons (Fsp3) is 0.500. The van der Waals surface area contributed by atoms with Gasteiger partial charge in [-0.15, -0.1) is 0 Å². The Morgan fingerprint density at radius 1 is 1.47 bits per heavy atom. The van der Waals surface area contributed by atoms with Crippen molar-refractivity contribution in [3.8, 4) is 0 Å². The molecule has 0 aromatic heterocycles. The Morgan fingerprint density at radius 2 is 2.21 bits per heavy atom. The molecular formula is C14H20ClN3O. The number of primary amides is 1. The van der Waals surface area contributed by atoms with Gasteiger partial charge in [0.1, 0.15) is 0 Å². The molecule has 1 fully saturated rings. The zero-order valence-corrected chi connectivity index (χ0v) is 11.9. The number of hydrogen-bond donors (Lipinski definition) is 2. The summed E-state index contributed by atoms with van der Waals surface area (Å²) in [5.41, 5.74) is 12.6. The minimum Gasteiger partial charge on any atom is -0.368 e. The van der Waals surface area contributed by atoms with Gasteiger partial charge in [0.2, 0.25) is 0 Å². The molecule has 0 aliphatic carbocycles. The quantitative estimate of drug-likeness (QED) is 0.890. The first-order valence-electron chi connectivity index (χ1n) is 6.59. The van der Waals surface area contributed by atoms with Gasteiger partial charge in [-0.1, -0.05) is 11.6 Å². The first-order chi connectivity index (χ1) is 9.02. The molecule has 2 atom stereocenters. The highest BCUT2D eigenvalue weighted by Gasteiger charge is 2.27. The van der Waals surface area contributed by atoms with Gasteiger partial charge in [-0.25, -0.2) is 0 Å². The molecule has 1 heterocycles. The van der Waals surface area contributed by atoms with Gasteiger partial charge < -0.3 is 16.4 Å². The van der Waals surface area contributed by atoms with E-state index in [9.17, 15) is 4.79 Å². The van der Waals surface area contributed by atoms with Crippen LogP contribution in [0, 0.1) is 5.92 Å². The number of amides is 1. The van der Waals surface area contributed by atoms with Crippen molar-refractivity contribution in [2.24, 2.45) is 17.4 Å². The molecule has 0 spiro atoms. The number of carbonyl (C=O) groups is 1. The molecule has 1 aliphatic heterocycles. The van der Waals surface area contributed by atoms with E-state index < -0.39 is 5.91 Å². The summed E-state index contributed by atoms with van der Waals surface area (Å²) in [5.74, 6) is 0.0205. The van der Waals surface area contributed by atoms with Crippen molar-refractivity contribution in [1.29, 1.82) is 0 Å².